The first-order chi connectivity index (χ1) is 8.52. The highest BCUT2D eigenvalue weighted by Gasteiger charge is 2.13. The average Bonchev–Trinajstić information content (AvgIpc) is 2.36. The van der Waals surface area contributed by atoms with Crippen molar-refractivity contribution in [1.82, 2.24) is 4.98 Å². The molecule has 0 bridgehead atoms. The number of hydrazine groups is 1. The van der Waals surface area contributed by atoms with Gasteiger partial charge in [0.1, 0.15) is 5.69 Å². The monoisotopic (exact) mass is 252 g/mol. The number of nitrogen functional groups attached to an aromatic ring is 1. The molecule has 96 valence electrons. The van der Waals surface area contributed by atoms with Gasteiger partial charge in [0.15, 0.2) is 0 Å². The van der Waals surface area contributed by atoms with E-state index in [4.69, 9.17) is 5.84 Å². The highest BCUT2D eigenvalue weighted by Crippen LogP contribution is 2.29. The van der Waals surface area contributed by atoms with Gasteiger partial charge in [-0.1, -0.05) is 0 Å². The van der Waals surface area contributed by atoms with Gasteiger partial charge in [-0.3, -0.25) is 5.84 Å². The second-order valence-corrected chi connectivity index (χ2v) is 4.14. The second kappa shape index (κ2) is 4.73. The number of aromatic nitrogens is 1. The smallest absolute Gasteiger partial charge is 0.280 e. The van der Waals surface area contributed by atoms with Crippen LogP contribution in [0, 0.1) is 0 Å². The maximum Gasteiger partial charge on any atom is 0.280 e. The molecule has 0 atom stereocenters. The highest BCUT2D eigenvalue weighted by molar-refractivity contribution is 5.93. The van der Waals surface area contributed by atoms with E-state index in [0.29, 0.717) is 16.6 Å². The van der Waals surface area contributed by atoms with Crippen molar-refractivity contribution in [1.29, 1.82) is 0 Å². The Morgan fingerprint density at radius 3 is 2.56 bits per heavy atom. The SMILES string of the molecule is CN(C)c1ccc2nc(C(F)F)cc(NN)c2c1. The summed E-state index contributed by atoms with van der Waals surface area (Å²) in [6.45, 7) is 0. The summed E-state index contributed by atoms with van der Waals surface area (Å²) in [5.41, 5.74) is 4.04. The first-order valence-electron chi connectivity index (χ1n) is 5.39. The van der Waals surface area contributed by atoms with E-state index >= 15 is 0 Å². The lowest BCUT2D eigenvalue weighted by atomic mass is 10.1. The van der Waals surface area contributed by atoms with Crippen LogP contribution in [0.3, 0.4) is 0 Å². The van der Waals surface area contributed by atoms with Gasteiger partial charge >= 0.3 is 0 Å². The normalized spacial score (nSPS) is 11.0. The predicted molar refractivity (Wildman–Crippen MR) is 68.8 cm³/mol. The van der Waals surface area contributed by atoms with E-state index in [0.717, 1.165) is 5.69 Å². The van der Waals surface area contributed by atoms with Gasteiger partial charge < -0.3 is 10.3 Å². The van der Waals surface area contributed by atoms with Crippen LogP contribution in [-0.4, -0.2) is 19.1 Å². The topological polar surface area (TPSA) is 54.2 Å². The number of hydrogen-bond acceptors (Lipinski definition) is 4. The van der Waals surface area contributed by atoms with Crippen LogP contribution in [0.4, 0.5) is 20.2 Å². The summed E-state index contributed by atoms with van der Waals surface area (Å²) in [5, 5.41) is 0.716. The van der Waals surface area contributed by atoms with E-state index in [-0.39, 0.29) is 5.69 Å². The van der Waals surface area contributed by atoms with Gasteiger partial charge in [0, 0.05) is 25.2 Å². The third-order valence-electron chi connectivity index (χ3n) is 2.71. The van der Waals surface area contributed by atoms with Gasteiger partial charge in [0.2, 0.25) is 0 Å². The molecule has 18 heavy (non-hydrogen) atoms. The van der Waals surface area contributed by atoms with Gasteiger partial charge in [-0.15, -0.1) is 0 Å². The summed E-state index contributed by atoms with van der Waals surface area (Å²) in [7, 11) is 3.80. The van der Waals surface area contributed by atoms with Crippen LogP contribution in [0.2, 0.25) is 0 Å². The summed E-state index contributed by atoms with van der Waals surface area (Å²) in [4.78, 5) is 5.84. The van der Waals surface area contributed by atoms with Gasteiger partial charge in [0.25, 0.3) is 6.43 Å². The molecule has 1 aromatic carbocycles. The summed E-state index contributed by atoms with van der Waals surface area (Å²) >= 11 is 0. The minimum atomic E-state index is -2.62. The maximum atomic E-state index is 12.7. The van der Waals surface area contributed by atoms with Crippen LogP contribution in [0.25, 0.3) is 10.9 Å². The van der Waals surface area contributed by atoms with E-state index in [2.05, 4.69) is 10.4 Å². The number of alkyl halides is 2. The van der Waals surface area contributed by atoms with Crippen molar-refractivity contribution in [3.63, 3.8) is 0 Å². The number of nitrogens with zero attached hydrogens (tertiary/aromatic N) is 2. The van der Waals surface area contributed by atoms with Crippen LogP contribution in [-0.2, 0) is 0 Å². The maximum absolute atomic E-state index is 12.7. The molecule has 0 saturated heterocycles. The largest absolute Gasteiger partial charge is 0.378 e. The molecule has 0 aliphatic rings. The Balaban J connectivity index is 2.67. The lowest BCUT2D eigenvalue weighted by Crippen LogP contribution is -2.10. The van der Waals surface area contributed by atoms with Crippen molar-refractivity contribution in [2.75, 3.05) is 24.4 Å². The van der Waals surface area contributed by atoms with E-state index in [1.165, 1.54) is 6.07 Å². The molecule has 0 unspecified atom stereocenters. The number of benzene rings is 1. The molecule has 1 aromatic heterocycles. The molecule has 3 N–H and O–H groups in total. The van der Waals surface area contributed by atoms with Crippen molar-refractivity contribution >= 4 is 22.3 Å². The fourth-order valence-corrected chi connectivity index (χ4v) is 1.74. The minimum Gasteiger partial charge on any atom is -0.378 e. The number of halogens is 2. The lowest BCUT2D eigenvalue weighted by Gasteiger charge is -2.15. The van der Waals surface area contributed by atoms with Crippen LogP contribution >= 0.6 is 0 Å². The van der Waals surface area contributed by atoms with Crippen LogP contribution in [0.15, 0.2) is 24.3 Å². The molecule has 0 fully saturated rings. The van der Waals surface area contributed by atoms with Gasteiger partial charge in [0.05, 0.1) is 11.2 Å². The standard InChI is InChI=1S/C12H14F2N4/c1-18(2)7-3-4-9-8(5-7)10(17-15)6-11(16-9)12(13)14/h3-6,12H,15H2,1-2H3,(H,16,17). The first kappa shape index (κ1) is 12.5. The van der Waals surface area contributed by atoms with E-state index in [9.17, 15) is 8.78 Å². The van der Waals surface area contributed by atoms with E-state index in [1.54, 1.807) is 6.07 Å². The molecular weight excluding hydrogens is 238 g/mol. The molecule has 2 rings (SSSR count). The molecule has 0 aliphatic heterocycles. The Hall–Kier alpha value is -1.95. The number of pyridine rings is 1. The number of nitrogens with one attached hydrogen (secondary N) is 1. The molecule has 0 radical (unpaired) electrons. The van der Waals surface area contributed by atoms with E-state index in [1.807, 2.05) is 31.1 Å². The summed E-state index contributed by atoms with van der Waals surface area (Å²) in [5.74, 6) is 5.37. The van der Waals surface area contributed by atoms with Gasteiger partial charge in [-0.05, 0) is 24.3 Å². The fraction of sp³-hybridized carbons (Fsp3) is 0.250. The Bertz CT molecular complexity index is 569. The molecular formula is C12H14F2N4. The molecule has 1 heterocycles. The second-order valence-electron chi connectivity index (χ2n) is 4.14. The molecule has 0 amide bonds. The number of nitrogens with two attached hydrogens (primary N) is 1. The first-order valence-corrected chi connectivity index (χ1v) is 5.39. The zero-order valence-electron chi connectivity index (χ0n) is 10.1. The van der Waals surface area contributed by atoms with Crippen LogP contribution < -0.4 is 16.2 Å². The van der Waals surface area contributed by atoms with Crippen LogP contribution in [0.1, 0.15) is 12.1 Å². The number of rotatable bonds is 3. The summed E-state index contributed by atoms with van der Waals surface area (Å²) in [6, 6.07) is 6.65. The molecule has 0 spiro atoms. The average molecular weight is 252 g/mol. The number of anilines is 2. The summed E-state index contributed by atoms with van der Waals surface area (Å²) in [6.07, 6.45) is -2.62. The van der Waals surface area contributed by atoms with Crippen molar-refractivity contribution in [2.45, 2.75) is 6.43 Å². The van der Waals surface area contributed by atoms with Gasteiger partial charge in [-0.25, -0.2) is 13.8 Å². The zero-order chi connectivity index (χ0) is 13.3. The predicted octanol–water partition coefficient (Wildman–Crippen LogP) is 2.52. The Morgan fingerprint density at radius 2 is 2.00 bits per heavy atom. The highest BCUT2D eigenvalue weighted by atomic mass is 19.3. The number of hydrogen-bond donors (Lipinski definition) is 2. The van der Waals surface area contributed by atoms with Crippen molar-refractivity contribution in [2.24, 2.45) is 5.84 Å². The minimum absolute atomic E-state index is 0.284. The lowest BCUT2D eigenvalue weighted by molar-refractivity contribution is 0.146. The Kier molecular flexibility index (Phi) is 3.29. The third-order valence-corrected chi connectivity index (χ3v) is 2.71. The van der Waals surface area contributed by atoms with Crippen molar-refractivity contribution in [3.8, 4) is 0 Å². The quantitative estimate of drug-likeness (QED) is 0.651. The Labute approximate surface area is 103 Å². The van der Waals surface area contributed by atoms with Gasteiger partial charge in [-0.2, -0.15) is 0 Å². The molecule has 0 aliphatic carbocycles. The third kappa shape index (κ3) is 2.19. The molecule has 0 saturated carbocycles. The Morgan fingerprint density at radius 1 is 1.28 bits per heavy atom. The zero-order valence-corrected chi connectivity index (χ0v) is 10.1. The van der Waals surface area contributed by atoms with E-state index < -0.39 is 6.43 Å². The number of fused-ring (bicyclic) bond motifs is 1. The molecule has 2 aromatic rings. The van der Waals surface area contributed by atoms with Crippen LogP contribution in [0.5, 0.6) is 0 Å². The van der Waals surface area contributed by atoms with Crippen molar-refractivity contribution in [3.05, 3.63) is 30.0 Å². The fourth-order valence-electron chi connectivity index (χ4n) is 1.74. The summed E-state index contributed by atoms with van der Waals surface area (Å²) < 4.78 is 25.4. The van der Waals surface area contributed by atoms with Crippen molar-refractivity contribution < 1.29 is 8.78 Å². The molecule has 4 nitrogen and oxygen atoms in total. The molecule has 6 heteroatoms.